The average molecular weight is 498 g/mol. The van der Waals surface area contributed by atoms with E-state index >= 15 is 0 Å². The molecule has 5 nitrogen and oxygen atoms in total. The van der Waals surface area contributed by atoms with Crippen molar-refractivity contribution in [3.63, 3.8) is 0 Å². The molecule has 1 fully saturated rings. The number of carbonyl (C=O) groups excluding carboxylic acids is 1. The molecule has 6 heteroatoms. The Morgan fingerprint density at radius 1 is 1.19 bits per heavy atom. The number of carbonyl (C=O) groups is 1. The van der Waals surface area contributed by atoms with Crippen LogP contribution in [0.1, 0.15) is 73.1 Å². The van der Waals surface area contributed by atoms with E-state index in [9.17, 15) is 9.90 Å². The zero-order chi connectivity index (χ0) is 21.6. The topological polar surface area (TPSA) is 59.0 Å². The van der Waals surface area contributed by atoms with Crippen molar-refractivity contribution in [1.82, 2.24) is 9.55 Å². The van der Waals surface area contributed by atoms with Crippen molar-refractivity contribution >= 4 is 5.78 Å². The summed E-state index contributed by atoms with van der Waals surface area (Å²) in [5, 5.41) is 10.8. The molecule has 1 atom stereocenters. The smallest absolute Gasteiger partial charge is 0.253 e. The highest BCUT2D eigenvalue weighted by Crippen LogP contribution is 2.37. The van der Waals surface area contributed by atoms with Gasteiger partial charge in [0.25, 0.3) is 5.82 Å². The molecule has 0 radical (unpaired) electrons. The minimum atomic E-state index is -1.01. The first kappa shape index (κ1) is 24.3. The number of ketones is 1. The maximum Gasteiger partial charge on any atom is 0.253 e. The Morgan fingerprint density at radius 2 is 1.91 bits per heavy atom. The van der Waals surface area contributed by atoms with Crippen molar-refractivity contribution in [3.05, 3.63) is 83.7 Å². The van der Waals surface area contributed by atoms with Gasteiger partial charge in [0.15, 0.2) is 5.78 Å². The number of aliphatic hydroxyl groups excluding tert-OH is 1. The minimum Gasteiger partial charge on any atom is -1.00 e. The summed E-state index contributed by atoms with van der Waals surface area (Å²) in [6.45, 7) is 3.66. The molecule has 32 heavy (non-hydrogen) atoms. The number of pyridine rings is 1. The fourth-order valence-corrected chi connectivity index (χ4v) is 4.73. The summed E-state index contributed by atoms with van der Waals surface area (Å²) < 4.78 is 4.37. The second-order valence-electron chi connectivity index (χ2n) is 8.60. The molecule has 2 aromatic heterocycles. The Bertz CT molecular complexity index is 1010. The molecule has 1 aliphatic carbocycles. The number of halogens is 1. The summed E-state index contributed by atoms with van der Waals surface area (Å²) in [5.74, 6) is 1.55. The second-order valence-corrected chi connectivity index (χ2v) is 8.60. The molecule has 0 aliphatic heterocycles. The molecule has 1 aromatic carbocycles. The number of aryl methyl sites for hydroxylation is 1. The Balaban J connectivity index is 0.00000289. The maximum absolute atomic E-state index is 12.8. The molecule has 0 spiro atoms. The molecule has 1 aliphatic rings. The van der Waals surface area contributed by atoms with Gasteiger partial charge >= 0.3 is 0 Å². The van der Waals surface area contributed by atoms with E-state index in [1.165, 1.54) is 24.0 Å². The van der Waals surface area contributed by atoms with Gasteiger partial charge in [-0.25, -0.2) is 9.13 Å². The van der Waals surface area contributed by atoms with Gasteiger partial charge in [-0.2, -0.15) is 0 Å². The van der Waals surface area contributed by atoms with Gasteiger partial charge in [0.05, 0.1) is 6.54 Å². The zero-order valence-corrected chi connectivity index (χ0v) is 20.2. The molecule has 0 bridgehead atoms. The van der Waals surface area contributed by atoms with Gasteiger partial charge in [0, 0.05) is 25.7 Å². The molecule has 1 N–H and O–H groups in total. The number of Topliss-reactive ketones (excluding diaryl/α,β-unsaturated/α-hetero) is 1. The van der Waals surface area contributed by atoms with Gasteiger partial charge in [-0.05, 0) is 54.0 Å². The van der Waals surface area contributed by atoms with Crippen molar-refractivity contribution < 1.29 is 31.4 Å². The van der Waals surface area contributed by atoms with Crippen LogP contribution in [0, 0.1) is 6.92 Å². The van der Waals surface area contributed by atoms with Crippen LogP contribution < -0.4 is 21.5 Å². The van der Waals surface area contributed by atoms with Crippen LogP contribution in [0.15, 0.2) is 61.2 Å². The maximum atomic E-state index is 12.8. The Hall–Kier alpha value is -2.31. The largest absolute Gasteiger partial charge is 1.00 e. The first-order valence-corrected chi connectivity index (χ1v) is 11.4. The Kier molecular flexibility index (Phi) is 8.76. The van der Waals surface area contributed by atoms with E-state index in [1.54, 1.807) is 0 Å². The normalized spacial score (nSPS) is 14.8. The molecule has 1 unspecified atom stereocenters. The highest BCUT2D eigenvalue weighted by Gasteiger charge is 2.25. The van der Waals surface area contributed by atoms with E-state index in [2.05, 4.69) is 39.5 Å². The quantitative estimate of drug-likeness (QED) is 0.453. The first-order chi connectivity index (χ1) is 15.1. The lowest BCUT2D eigenvalue weighted by Crippen LogP contribution is -3.00. The third-order valence-electron chi connectivity index (χ3n) is 6.57. The zero-order valence-electron chi connectivity index (χ0n) is 18.7. The molecule has 3 aromatic rings. The van der Waals surface area contributed by atoms with E-state index in [1.807, 2.05) is 42.7 Å². The third-order valence-corrected chi connectivity index (χ3v) is 6.57. The summed E-state index contributed by atoms with van der Waals surface area (Å²) in [5.41, 5.74) is 3.19. The fraction of sp³-hybridized carbons (Fsp3) is 0.423. The summed E-state index contributed by atoms with van der Waals surface area (Å²) in [7, 11) is 0. The van der Waals surface area contributed by atoms with E-state index in [4.69, 9.17) is 0 Å². The van der Waals surface area contributed by atoms with Crippen LogP contribution >= 0.6 is 0 Å². The number of imidazole rings is 1. The number of hydrogen-bond acceptors (Lipinski definition) is 3. The van der Waals surface area contributed by atoms with Gasteiger partial charge in [-0.3, -0.25) is 9.78 Å². The van der Waals surface area contributed by atoms with Crippen LogP contribution in [-0.4, -0.2) is 20.4 Å². The van der Waals surface area contributed by atoms with Gasteiger partial charge in [-0.1, -0.05) is 37.1 Å². The van der Waals surface area contributed by atoms with Crippen LogP contribution in [0.25, 0.3) is 0 Å². The minimum absolute atomic E-state index is 0. The van der Waals surface area contributed by atoms with Crippen molar-refractivity contribution in [2.75, 3.05) is 0 Å². The van der Waals surface area contributed by atoms with Crippen LogP contribution in [0.4, 0.5) is 0 Å². The highest BCUT2D eigenvalue weighted by molar-refractivity contribution is 5.84. The molecule has 4 rings (SSSR count). The van der Waals surface area contributed by atoms with Crippen LogP contribution in [0.5, 0.6) is 0 Å². The Morgan fingerprint density at radius 3 is 2.66 bits per heavy atom. The SMILES string of the molecule is Cc1n(CCCC(=O)C(O)c2ccccc2C2CCCC2)cc[n+]1Cc1ccncc1.[Br-]. The van der Waals surface area contributed by atoms with E-state index < -0.39 is 6.10 Å². The summed E-state index contributed by atoms with van der Waals surface area (Å²) in [6, 6.07) is 12.0. The van der Waals surface area contributed by atoms with Crippen LogP contribution in [0.2, 0.25) is 0 Å². The van der Waals surface area contributed by atoms with Gasteiger partial charge in [0.2, 0.25) is 0 Å². The molecule has 0 amide bonds. The van der Waals surface area contributed by atoms with Crippen molar-refractivity contribution in [2.24, 2.45) is 0 Å². The third kappa shape index (κ3) is 5.73. The highest BCUT2D eigenvalue weighted by atomic mass is 79.9. The lowest BCUT2D eigenvalue weighted by atomic mass is 9.89. The van der Waals surface area contributed by atoms with Gasteiger partial charge < -0.3 is 22.1 Å². The standard InChI is InChI=1S/C26H32N3O2.BrH/c1-20-28(17-18-29(20)19-21-12-14-27-15-13-21)16-6-11-25(30)26(31)24-10-5-4-9-23(24)22-7-2-3-8-22;/h4-5,9-10,12-15,17-18,22,26,31H,2-3,6-8,11,16,19H2,1H3;1H/q+1;/p-1. The van der Waals surface area contributed by atoms with Gasteiger partial charge in [0.1, 0.15) is 25.0 Å². The molecule has 2 heterocycles. The lowest BCUT2D eigenvalue weighted by Gasteiger charge is -2.18. The predicted octanol–water partition coefficient (Wildman–Crippen LogP) is 1.27. The van der Waals surface area contributed by atoms with E-state index in [0.717, 1.165) is 37.3 Å². The summed E-state index contributed by atoms with van der Waals surface area (Å²) >= 11 is 0. The summed E-state index contributed by atoms with van der Waals surface area (Å²) in [6.07, 6.45) is 12.6. The second kappa shape index (κ2) is 11.5. The lowest BCUT2D eigenvalue weighted by molar-refractivity contribution is -0.694. The Labute approximate surface area is 200 Å². The molecule has 170 valence electrons. The number of hydrogen-bond donors (Lipinski definition) is 1. The van der Waals surface area contributed by atoms with Crippen molar-refractivity contribution in [3.8, 4) is 0 Å². The van der Waals surface area contributed by atoms with E-state index in [-0.39, 0.29) is 22.8 Å². The number of aromatic nitrogens is 3. The van der Waals surface area contributed by atoms with E-state index in [0.29, 0.717) is 18.8 Å². The monoisotopic (exact) mass is 497 g/mol. The fourth-order valence-electron chi connectivity index (χ4n) is 4.73. The van der Waals surface area contributed by atoms with Gasteiger partial charge in [-0.15, -0.1) is 0 Å². The van der Waals surface area contributed by atoms with Crippen molar-refractivity contribution in [2.45, 2.75) is 70.6 Å². The molecule has 0 saturated heterocycles. The molecule has 1 saturated carbocycles. The van der Waals surface area contributed by atoms with Crippen LogP contribution in [-0.2, 0) is 17.9 Å². The summed E-state index contributed by atoms with van der Waals surface area (Å²) in [4.78, 5) is 16.8. The molecular weight excluding hydrogens is 466 g/mol. The van der Waals surface area contributed by atoms with Crippen LogP contribution in [0.3, 0.4) is 0 Å². The number of nitrogens with zero attached hydrogens (tertiary/aromatic N) is 3. The van der Waals surface area contributed by atoms with Crippen molar-refractivity contribution in [1.29, 1.82) is 0 Å². The number of benzene rings is 1. The number of aliphatic hydroxyl groups is 1. The average Bonchev–Trinajstić information content (AvgIpc) is 3.45. The molecular formula is C26H32BrN3O2. The number of rotatable bonds is 9. The first-order valence-electron chi connectivity index (χ1n) is 11.4. The predicted molar refractivity (Wildman–Crippen MR) is 120 cm³/mol.